The van der Waals surface area contributed by atoms with Crippen LogP contribution in [0, 0.1) is 0 Å². The second-order valence-electron chi connectivity index (χ2n) is 8.53. The molecule has 0 aliphatic carbocycles. The highest BCUT2D eigenvalue weighted by atomic mass is 35.5. The zero-order valence-corrected chi connectivity index (χ0v) is 20.5. The molecule has 0 bridgehead atoms. The van der Waals surface area contributed by atoms with Crippen LogP contribution in [0.3, 0.4) is 0 Å². The summed E-state index contributed by atoms with van der Waals surface area (Å²) in [6.45, 7) is 0.532. The Morgan fingerprint density at radius 2 is 1.57 bits per heavy atom. The van der Waals surface area contributed by atoms with Gasteiger partial charge in [0.2, 0.25) is 0 Å². The molecule has 0 N–H and O–H groups in total. The first-order valence-corrected chi connectivity index (χ1v) is 11.2. The zero-order valence-electron chi connectivity index (χ0n) is 19.7. The van der Waals surface area contributed by atoms with E-state index in [4.69, 9.17) is 16.3 Å². The average molecular weight is 543 g/mol. The normalized spacial score (nSPS) is 12.4. The highest BCUT2D eigenvalue weighted by Crippen LogP contribution is 2.38. The lowest BCUT2D eigenvalue weighted by Gasteiger charge is -2.16. The summed E-state index contributed by atoms with van der Waals surface area (Å²) in [5.74, 6) is -4.15. The summed E-state index contributed by atoms with van der Waals surface area (Å²) in [7, 11) is 2.63. The zero-order chi connectivity index (χ0) is 27.3. The topological polar surface area (TPSA) is 71.1 Å². The lowest BCUT2D eigenvalue weighted by molar-refractivity contribution is -0.137. The first kappa shape index (κ1) is 26.4. The molecule has 0 fully saturated rings. The van der Waals surface area contributed by atoms with E-state index >= 15 is 0 Å². The van der Waals surface area contributed by atoms with Crippen LogP contribution in [0.25, 0.3) is 11.2 Å². The minimum absolute atomic E-state index is 0.0402. The van der Waals surface area contributed by atoms with Gasteiger partial charge >= 0.3 is 17.9 Å². The van der Waals surface area contributed by atoms with Crippen LogP contribution in [0.15, 0.2) is 52.1 Å². The average Bonchev–Trinajstić information content (AvgIpc) is 3.17. The molecule has 196 valence electrons. The number of ether oxygens (including phenoxy) is 1. The maximum atomic E-state index is 14.0. The number of aromatic nitrogens is 4. The summed E-state index contributed by atoms with van der Waals surface area (Å²) in [6.07, 6.45) is -4.60. The van der Waals surface area contributed by atoms with Crippen molar-refractivity contribution in [3.8, 4) is 11.8 Å². The third-order valence-electron chi connectivity index (χ3n) is 5.80. The molecule has 0 saturated carbocycles. The number of aryl methyl sites for hydroxylation is 3. The summed E-state index contributed by atoms with van der Waals surface area (Å²) in [5.41, 5.74) is -2.95. The largest absolute Gasteiger partial charge is 0.425 e. The van der Waals surface area contributed by atoms with E-state index < -0.39 is 40.2 Å². The number of hydrogen-bond acceptors (Lipinski definition) is 4. The fraction of sp³-hybridized carbons (Fsp3) is 0.292. The molecule has 0 amide bonds. The second kappa shape index (κ2) is 9.33. The van der Waals surface area contributed by atoms with Gasteiger partial charge < -0.3 is 4.74 Å². The Kier molecular flexibility index (Phi) is 6.65. The molecule has 4 rings (SSSR count). The number of rotatable bonds is 6. The minimum atomic E-state index is -4.92. The van der Waals surface area contributed by atoms with E-state index in [2.05, 4.69) is 4.98 Å². The van der Waals surface area contributed by atoms with Crippen molar-refractivity contribution in [1.29, 1.82) is 0 Å². The number of alkyl halides is 5. The number of halogens is 6. The van der Waals surface area contributed by atoms with E-state index in [9.17, 15) is 31.5 Å². The van der Waals surface area contributed by atoms with Gasteiger partial charge in [-0.25, -0.2) is 13.6 Å². The van der Waals surface area contributed by atoms with Crippen LogP contribution in [-0.4, -0.2) is 18.7 Å². The molecular formula is C24H20ClF5N4O3. The van der Waals surface area contributed by atoms with Gasteiger partial charge in [-0.15, -0.1) is 0 Å². The molecule has 2 heterocycles. The van der Waals surface area contributed by atoms with Crippen molar-refractivity contribution in [2.45, 2.75) is 32.0 Å². The number of imidazole rings is 1. The van der Waals surface area contributed by atoms with Crippen LogP contribution in [0.1, 0.15) is 23.6 Å². The van der Waals surface area contributed by atoms with E-state index in [0.29, 0.717) is 30.5 Å². The highest BCUT2D eigenvalue weighted by molar-refractivity contribution is 6.30. The van der Waals surface area contributed by atoms with Gasteiger partial charge in [0.05, 0.1) is 5.56 Å². The van der Waals surface area contributed by atoms with Gasteiger partial charge in [-0.05, 0) is 42.3 Å². The highest BCUT2D eigenvalue weighted by Gasteiger charge is 2.35. The molecular weight excluding hydrogens is 523 g/mol. The fourth-order valence-electron chi connectivity index (χ4n) is 3.78. The number of hydrogen-bond donors (Lipinski definition) is 0. The lowest BCUT2D eigenvalue weighted by atomic mass is 10.1. The molecule has 37 heavy (non-hydrogen) atoms. The van der Waals surface area contributed by atoms with Gasteiger partial charge in [0, 0.05) is 38.1 Å². The molecule has 0 radical (unpaired) electrons. The molecule has 7 nitrogen and oxygen atoms in total. The third-order valence-corrected chi connectivity index (χ3v) is 6.05. The third kappa shape index (κ3) is 5.24. The Balaban J connectivity index is 1.88. The van der Waals surface area contributed by atoms with Gasteiger partial charge in [0.25, 0.3) is 11.5 Å². The van der Waals surface area contributed by atoms with E-state index in [0.717, 1.165) is 20.8 Å². The Morgan fingerprint density at radius 1 is 0.946 bits per heavy atom. The summed E-state index contributed by atoms with van der Waals surface area (Å²) in [4.78, 5) is 29.6. The van der Waals surface area contributed by atoms with E-state index in [1.165, 1.54) is 18.7 Å². The van der Waals surface area contributed by atoms with E-state index in [-0.39, 0.29) is 23.7 Å². The molecule has 13 heteroatoms. The Labute approximate surface area is 211 Å². The second-order valence-corrected chi connectivity index (χ2v) is 8.97. The van der Waals surface area contributed by atoms with Gasteiger partial charge in [-0.1, -0.05) is 23.7 Å². The first-order valence-electron chi connectivity index (χ1n) is 10.9. The summed E-state index contributed by atoms with van der Waals surface area (Å²) < 4.78 is 77.1. The monoisotopic (exact) mass is 542 g/mol. The number of benzene rings is 2. The lowest BCUT2D eigenvalue weighted by Crippen LogP contribution is -2.37. The molecule has 0 aliphatic rings. The maximum absolute atomic E-state index is 14.0. The van der Waals surface area contributed by atoms with Crippen molar-refractivity contribution in [2.24, 2.45) is 14.1 Å². The summed E-state index contributed by atoms with van der Waals surface area (Å²) in [5, 5.41) is 0.512. The molecule has 0 atom stereocenters. The van der Waals surface area contributed by atoms with Crippen molar-refractivity contribution in [3.63, 3.8) is 0 Å². The maximum Gasteiger partial charge on any atom is 0.416 e. The van der Waals surface area contributed by atoms with Gasteiger partial charge in [0.1, 0.15) is 5.75 Å². The SMILES string of the molecule is Cn1c(=O)c2c(nc(Oc3cc(C(C)(F)F)cc(C(F)(F)F)c3)n2CCc2ccc(Cl)cc2)n(C)c1=O. The van der Waals surface area contributed by atoms with Crippen LogP contribution in [-0.2, 0) is 39.2 Å². The molecule has 0 unspecified atom stereocenters. The van der Waals surface area contributed by atoms with Crippen molar-refractivity contribution in [1.82, 2.24) is 18.7 Å². The Morgan fingerprint density at radius 3 is 2.16 bits per heavy atom. The van der Waals surface area contributed by atoms with Crippen LogP contribution in [0.5, 0.6) is 11.8 Å². The summed E-state index contributed by atoms with van der Waals surface area (Å²) in [6, 6.07) is 8.17. The number of fused-ring (bicyclic) bond motifs is 1. The molecule has 0 spiro atoms. The van der Waals surface area contributed by atoms with Crippen LogP contribution in [0.2, 0.25) is 5.02 Å². The van der Waals surface area contributed by atoms with Crippen molar-refractivity contribution in [2.75, 3.05) is 0 Å². The van der Waals surface area contributed by atoms with Crippen molar-refractivity contribution < 1.29 is 26.7 Å². The Hall–Kier alpha value is -3.67. The van der Waals surface area contributed by atoms with E-state index in [1.54, 1.807) is 24.3 Å². The Bertz CT molecular complexity index is 1570. The first-order chi connectivity index (χ1) is 17.2. The summed E-state index contributed by atoms with van der Waals surface area (Å²) >= 11 is 5.92. The van der Waals surface area contributed by atoms with Gasteiger partial charge in [-0.2, -0.15) is 18.2 Å². The minimum Gasteiger partial charge on any atom is -0.425 e. The van der Waals surface area contributed by atoms with E-state index in [1.807, 2.05) is 0 Å². The smallest absolute Gasteiger partial charge is 0.416 e. The van der Waals surface area contributed by atoms with Crippen molar-refractivity contribution >= 4 is 22.8 Å². The predicted molar refractivity (Wildman–Crippen MR) is 126 cm³/mol. The van der Waals surface area contributed by atoms with Crippen LogP contribution < -0.4 is 16.0 Å². The predicted octanol–water partition coefficient (Wildman–Crippen LogP) is 5.25. The van der Waals surface area contributed by atoms with Crippen molar-refractivity contribution in [3.05, 3.63) is 85.0 Å². The van der Waals surface area contributed by atoms with Gasteiger partial charge in [-0.3, -0.25) is 18.5 Å². The molecule has 0 saturated heterocycles. The molecule has 4 aromatic rings. The standard InChI is InChI=1S/C24H20ClF5N4O3/c1-23(26,27)14-10-15(24(28,29)30)12-17(11-14)37-21-31-19-18(20(35)33(3)22(36)32(19)2)34(21)9-8-13-4-6-16(25)7-5-13/h4-7,10-12H,8-9H2,1-3H3. The van der Waals surface area contributed by atoms with Crippen LogP contribution in [0.4, 0.5) is 22.0 Å². The molecule has 2 aromatic carbocycles. The fourth-order valence-corrected chi connectivity index (χ4v) is 3.91. The number of nitrogens with zero attached hydrogens (tertiary/aromatic N) is 4. The quantitative estimate of drug-likeness (QED) is 0.312. The molecule has 0 aliphatic heterocycles. The van der Waals surface area contributed by atoms with Crippen LogP contribution >= 0.6 is 11.6 Å². The van der Waals surface area contributed by atoms with Gasteiger partial charge in [0.15, 0.2) is 11.2 Å². The molecule has 2 aromatic heterocycles.